The van der Waals surface area contributed by atoms with Crippen LogP contribution >= 0.6 is 11.6 Å². The van der Waals surface area contributed by atoms with E-state index in [9.17, 15) is 13.2 Å². The largest absolute Gasteiger partial charge is 0.488 e. The molecule has 8 heteroatoms. The van der Waals surface area contributed by atoms with Crippen LogP contribution in [0.4, 0.5) is 11.4 Å². The number of halogens is 1. The van der Waals surface area contributed by atoms with Crippen molar-refractivity contribution >= 4 is 38.9 Å². The van der Waals surface area contributed by atoms with Gasteiger partial charge in [-0.3, -0.25) is 9.52 Å². The maximum absolute atomic E-state index is 12.8. The maximum atomic E-state index is 12.8. The number of anilines is 2. The molecule has 31 heavy (non-hydrogen) atoms. The van der Waals surface area contributed by atoms with Gasteiger partial charge in [-0.15, -0.1) is 0 Å². The lowest BCUT2D eigenvalue weighted by molar-refractivity contribution is 0.102. The van der Waals surface area contributed by atoms with E-state index in [2.05, 4.69) is 10.0 Å². The van der Waals surface area contributed by atoms with E-state index in [4.69, 9.17) is 16.3 Å². The number of sulfonamides is 1. The van der Waals surface area contributed by atoms with Crippen LogP contribution in [0.15, 0.2) is 66.7 Å². The Morgan fingerprint density at radius 2 is 1.74 bits per heavy atom. The second-order valence-corrected chi connectivity index (χ2v) is 9.35. The van der Waals surface area contributed by atoms with Crippen LogP contribution in [0, 0.1) is 6.92 Å². The van der Waals surface area contributed by atoms with Crippen LogP contribution in [-0.4, -0.2) is 20.1 Å². The number of hydrogen-bond donors (Lipinski definition) is 2. The summed E-state index contributed by atoms with van der Waals surface area (Å²) in [6.07, 6.45) is 0. The van der Waals surface area contributed by atoms with Gasteiger partial charge in [0, 0.05) is 10.7 Å². The minimum absolute atomic E-state index is 0.0161. The van der Waals surface area contributed by atoms with Crippen molar-refractivity contribution in [1.29, 1.82) is 0 Å². The molecule has 162 valence electrons. The summed E-state index contributed by atoms with van der Waals surface area (Å²) in [7, 11) is -3.37. The zero-order chi connectivity index (χ0) is 22.4. The van der Waals surface area contributed by atoms with Gasteiger partial charge in [-0.25, -0.2) is 8.42 Å². The summed E-state index contributed by atoms with van der Waals surface area (Å²) in [5.74, 6) is 0.115. The van der Waals surface area contributed by atoms with Crippen LogP contribution in [0.1, 0.15) is 28.4 Å². The number of carbonyl (C=O) groups is 1. The Hall–Kier alpha value is -3.03. The van der Waals surface area contributed by atoms with Crippen molar-refractivity contribution in [3.8, 4) is 5.75 Å². The van der Waals surface area contributed by atoms with E-state index < -0.39 is 10.0 Å². The van der Waals surface area contributed by atoms with Gasteiger partial charge in [0.25, 0.3) is 5.91 Å². The number of rotatable bonds is 8. The van der Waals surface area contributed by atoms with Crippen molar-refractivity contribution in [3.05, 3.63) is 88.4 Å². The predicted octanol–water partition coefficient (Wildman–Crippen LogP) is 5.24. The number of carbonyl (C=O) groups excluding carboxylic acids is 1. The van der Waals surface area contributed by atoms with Crippen LogP contribution in [0.2, 0.25) is 5.02 Å². The molecule has 0 unspecified atom stereocenters. The first kappa shape index (κ1) is 22.7. The van der Waals surface area contributed by atoms with Crippen molar-refractivity contribution in [2.45, 2.75) is 20.5 Å². The number of amides is 1. The summed E-state index contributed by atoms with van der Waals surface area (Å²) in [6.45, 7) is 3.64. The molecule has 3 aromatic rings. The Kier molecular flexibility index (Phi) is 7.20. The third-order valence-electron chi connectivity index (χ3n) is 4.57. The van der Waals surface area contributed by atoms with Crippen molar-refractivity contribution in [1.82, 2.24) is 0 Å². The molecular formula is C23H23ClN2O4S. The van der Waals surface area contributed by atoms with E-state index in [-0.39, 0.29) is 11.7 Å². The van der Waals surface area contributed by atoms with Gasteiger partial charge < -0.3 is 10.1 Å². The number of nitrogens with one attached hydrogen (secondary N) is 2. The molecule has 2 N–H and O–H groups in total. The first-order valence-corrected chi connectivity index (χ1v) is 11.7. The standard InChI is InChI=1S/C23H23ClN2O4S/c1-3-31(28,29)26-21-13-12-19(14-16(21)2)25-23(27)20-6-4-5-7-22(20)30-15-17-8-10-18(24)11-9-17/h4-14,26H,3,15H2,1-2H3,(H,25,27). The molecule has 0 aliphatic heterocycles. The van der Waals surface area contributed by atoms with Gasteiger partial charge in [-0.2, -0.15) is 0 Å². The van der Waals surface area contributed by atoms with Crippen molar-refractivity contribution < 1.29 is 17.9 Å². The molecule has 3 rings (SSSR count). The van der Waals surface area contributed by atoms with Crippen LogP contribution in [0.25, 0.3) is 0 Å². The first-order chi connectivity index (χ1) is 14.8. The normalized spacial score (nSPS) is 11.1. The average Bonchev–Trinajstić information content (AvgIpc) is 2.75. The van der Waals surface area contributed by atoms with E-state index in [1.165, 1.54) is 0 Å². The molecule has 0 fully saturated rings. The second-order valence-electron chi connectivity index (χ2n) is 6.90. The summed E-state index contributed by atoms with van der Waals surface area (Å²) < 4.78 is 31.9. The first-order valence-electron chi connectivity index (χ1n) is 9.66. The van der Waals surface area contributed by atoms with Gasteiger partial charge in [0.1, 0.15) is 12.4 Å². The lowest BCUT2D eigenvalue weighted by Gasteiger charge is -2.14. The molecule has 6 nitrogen and oxygen atoms in total. The van der Waals surface area contributed by atoms with Gasteiger partial charge >= 0.3 is 0 Å². The molecule has 0 saturated heterocycles. The van der Waals surface area contributed by atoms with E-state index in [1.54, 1.807) is 68.4 Å². The highest BCUT2D eigenvalue weighted by molar-refractivity contribution is 7.92. The zero-order valence-corrected chi connectivity index (χ0v) is 18.8. The fraction of sp³-hybridized carbons (Fsp3) is 0.174. The van der Waals surface area contributed by atoms with Crippen molar-refractivity contribution in [2.75, 3.05) is 15.8 Å². The van der Waals surface area contributed by atoms with Gasteiger partial charge in [0.05, 0.1) is 17.0 Å². The summed E-state index contributed by atoms with van der Waals surface area (Å²) >= 11 is 5.90. The number of para-hydroxylation sites is 1. The number of benzene rings is 3. The fourth-order valence-corrected chi connectivity index (χ4v) is 3.65. The highest BCUT2D eigenvalue weighted by Gasteiger charge is 2.14. The molecule has 0 radical (unpaired) electrons. The topological polar surface area (TPSA) is 84.5 Å². The molecule has 3 aromatic carbocycles. The molecule has 0 saturated carbocycles. The molecule has 0 heterocycles. The molecule has 0 bridgehead atoms. The van der Waals surface area contributed by atoms with Gasteiger partial charge in [-0.1, -0.05) is 35.9 Å². The number of ether oxygens (including phenoxy) is 1. The molecule has 0 atom stereocenters. The van der Waals surface area contributed by atoms with Crippen LogP contribution in [0.3, 0.4) is 0 Å². The molecule has 0 spiro atoms. The maximum Gasteiger partial charge on any atom is 0.259 e. The Morgan fingerprint density at radius 1 is 1.03 bits per heavy atom. The van der Waals surface area contributed by atoms with Crippen LogP contribution in [0.5, 0.6) is 5.75 Å². The van der Waals surface area contributed by atoms with E-state index in [0.29, 0.717) is 39.9 Å². The molecule has 0 aliphatic carbocycles. The predicted molar refractivity (Wildman–Crippen MR) is 124 cm³/mol. The van der Waals surface area contributed by atoms with Gasteiger partial charge in [-0.05, 0) is 67.4 Å². The quantitative estimate of drug-likeness (QED) is 0.483. The summed E-state index contributed by atoms with van der Waals surface area (Å²) in [4.78, 5) is 12.8. The zero-order valence-electron chi connectivity index (χ0n) is 17.2. The Morgan fingerprint density at radius 3 is 2.42 bits per heavy atom. The smallest absolute Gasteiger partial charge is 0.259 e. The molecule has 0 aromatic heterocycles. The SMILES string of the molecule is CCS(=O)(=O)Nc1ccc(NC(=O)c2ccccc2OCc2ccc(Cl)cc2)cc1C. The Bertz CT molecular complexity index is 1180. The number of hydrogen-bond acceptors (Lipinski definition) is 4. The Balaban J connectivity index is 1.72. The lowest BCUT2D eigenvalue weighted by atomic mass is 10.1. The lowest BCUT2D eigenvalue weighted by Crippen LogP contribution is -2.16. The minimum Gasteiger partial charge on any atom is -0.488 e. The van der Waals surface area contributed by atoms with Crippen molar-refractivity contribution in [3.63, 3.8) is 0 Å². The Labute approximate surface area is 187 Å². The molecular weight excluding hydrogens is 436 g/mol. The fourth-order valence-electron chi connectivity index (χ4n) is 2.82. The molecule has 1 amide bonds. The third kappa shape index (κ3) is 6.23. The third-order valence-corrected chi connectivity index (χ3v) is 6.11. The summed E-state index contributed by atoms with van der Waals surface area (Å²) in [6, 6.07) is 19.3. The van der Waals surface area contributed by atoms with Crippen LogP contribution in [-0.2, 0) is 16.6 Å². The van der Waals surface area contributed by atoms with E-state index in [0.717, 1.165) is 5.56 Å². The summed E-state index contributed by atoms with van der Waals surface area (Å²) in [5, 5.41) is 3.48. The second kappa shape index (κ2) is 9.85. The van der Waals surface area contributed by atoms with E-state index >= 15 is 0 Å². The number of aryl methyl sites for hydroxylation is 1. The summed E-state index contributed by atoms with van der Waals surface area (Å²) in [5.41, 5.74) is 3.05. The van der Waals surface area contributed by atoms with Gasteiger partial charge in [0.15, 0.2) is 0 Å². The minimum atomic E-state index is -3.37. The van der Waals surface area contributed by atoms with Crippen molar-refractivity contribution in [2.24, 2.45) is 0 Å². The molecule has 0 aliphatic rings. The van der Waals surface area contributed by atoms with Crippen LogP contribution < -0.4 is 14.8 Å². The average molecular weight is 459 g/mol. The van der Waals surface area contributed by atoms with E-state index in [1.807, 2.05) is 12.1 Å². The monoisotopic (exact) mass is 458 g/mol. The van der Waals surface area contributed by atoms with Gasteiger partial charge in [0.2, 0.25) is 10.0 Å². The highest BCUT2D eigenvalue weighted by atomic mass is 35.5. The highest BCUT2D eigenvalue weighted by Crippen LogP contribution is 2.24.